The highest BCUT2D eigenvalue weighted by molar-refractivity contribution is 6.30. The van der Waals surface area contributed by atoms with E-state index < -0.39 is 0 Å². The summed E-state index contributed by atoms with van der Waals surface area (Å²) in [6.45, 7) is 5.88. The van der Waals surface area contributed by atoms with Gasteiger partial charge in [0.2, 0.25) is 0 Å². The first kappa shape index (κ1) is 18.1. The summed E-state index contributed by atoms with van der Waals surface area (Å²) in [6, 6.07) is 12.6. The van der Waals surface area contributed by atoms with Gasteiger partial charge in [0.1, 0.15) is 11.5 Å². The van der Waals surface area contributed by atoms with E-state index in [-0.39, 0.29) is 18.6 Å². The molecule has 1 N–H and O–H groups in total. The highest BCUT2D eigenvalue weighted by Crippen LogP contribution is 2.22. The molecule has 0 aliphatic carbocycles. The minimum Gasteiger partial charge on any atom is -0.491 e. The van der Waals surface area contributed by atoms with Crippen molar-refractivity contribution in [2.24, 2.45) is 0 Å². The minimum atomic E-state index is -0.231. The number of rotatable bonds is 7. The summed E-state index contributed by atoms with van der Waals surface area (Å²) in [5.41, 5.74) is 1.57. The second-order valence-electron chi connectivity index (χ2n) is 5.61. The fourth-order valence-corrected chi connectivity index (χ4v) is 2.30. The maximum absolute atomic E-state index is 12.1. The van der Waals surface area contributed by atoms with E-state index in [2.05, 4.69) is 12.2 Å². The molecule has 0 radical (unpaired) electrons. The van der Waals surface area contributed by atoms with Crippen molar-refractivity contribution < 1.29 is 14.3 Å². The van der Waals surface area contributed by atoms with Gasteiger partial charge in [-0.25, -0.2) is 0 Å². The number of amides is 1. The van der Waals surface area contributed by atoms with E-state index in [4.69, 9.17) is 21.1 Å². The Kier molecular flexibility index (Phi) is 6.50. The van der Waals surface area contributed by atoms with Crippen LogP contribution in [0.1, 0.15) is 25.8 Å². The number of ether oxygens (including phenoxy) is 2. The molecular formula is C19H22ClNO3. The van der Waals surface area contributed by atoms with E-state index in [1.165, 1.54) is 0 Å². The van der Waals surface area contributed by atoms with Gasteiger partial charge >= 0.3 is 0 Å². The maximum atomic E-state index is 12.1. The van der Waals surface area contributed by atoms with E-state index in [1.54, 1.807) is 24.3 Å². The molecule has 1 atom stereocenters. The molecule has 0 aliphatic rings. The normalized spacial score (nSPS) is 11.7. The molecule has 0 heterocycles. The number of aryl methyl sites for hydroxylation is 1. The Bertz CT molecular complexity index is 703. The van der Waals surface area contributed by atoms with Crippen LogP contribution in [0.15, 0.2) is 42.5 Å². The number of halogens is 1. The van der Waals surface area contributed by atoms with Crippen LogP contribution in [0.25, 0.3) is 0 Å². The number of carbonyl (C=O) groups is 1. The molecule has 4 nitrogen and oxygen atoms in total. The predicted octanol–water partition coefficient (Wildman–Crippen LogP) is 4.84. The number of carbonyl (C=O) groups excluding carboxylic acids is 1. The predicted molar refractivity (Wildman–Crippen MR) is 97.1 cm³/mol. The molecule has 0 aliphatic heterocycles. The molecule has 128 valence electrons. The molecule has 2 aromatic carbocycles. The van der Waals surface area contributed by atoms with Crippen molar-refractivity contribution in [2.45, 2.75) is 33.3 Å². The zero-order valence-electron chi connectivity index (χ0n) is 14.1. The van der Waals surface area contributed by atoms with Gasteiger partial charge in [-0.15, -0.1) is 0 Å². The van der Waals surface area contributed by atoms with Crippen LogP contribution in [-0.4, -0.2) is 18.6 Å². The van der Waals surface area contributed by atoms with Gasteiger partial charge < -0.3 is 14.8 Å². The fourth-order valence-electron chi connectivity index (χ4n) is 2.08. The van der Waals surface area contributed by atoms with Crippen LogP contribution >= 0.6 is 11.6 Å². The van der Waals surface area contributed by atoms with Crippen molar-refractivity contribution in [3.8, 4) is 11.5 Å². The fraction of sp³-hybridized carbons (Fsp3) is 0.316. The van der Waals surface area contributed by atoms with Crippen LogP contribution in [0.3, 0.4) is 0 Å². The highest BCUT2D eigenvalue weighted by Gasteiger charge is 2.07. The number of hydrogen-bond donors (Lipinski definition) is 1. The van der Waals surface area contributed by atoms with Gasteiger partial charge in [-0.1, -0.05) is 24.6 Å². The number of nitrogens with one attached hydrogen (secondary N) is 1. The number of anilines is 1. The van der Waals surface area contributed by atoms with E-state index in [1.807, 2.05) is 32.0 Å². The van der Waals surface area contributed by atoms with Crippen molar-refractivity contribution in [1.29, 1.82) is 0 Å². The molecule has 0 saturated carbocycles. The topological polar surface area (TPSA) is 47.6 Å². The summed E-state index contributed by atoms with van der Waals surface area (Å²) in [5.74, 6) is 1.14. The molecule has 24 heavy (non-hydrogen) atoms. The lowest BCUT2D eigenvalue weighted by Crippen LogP contribution is -2.20. The van der Waals surface area contributed by atoms with E-state index in [0.717, 1.165) is 17.7 Å². The average molecular weight is 348 g/mol. The Hall–Kier alpha value is -2.20. The van der Waals surface area contributed by atoms with E-state index in [0.29, 0.717) is 16.5 Å². The third-order valence-corrected chi connectivity index (χ3v) is 3.76. The Labute approximate surface area is 147 Å². The molecule has 0 saturated heterocycles. The smallest absolute Gasteiger partial charge is 0.262 e. The Morgan fingerprint density at radius 3 is 2.75 bits per heavy atom. The van der Waals surface area contributed by atoms with Gasteiger partial charge in [-0.2, -0.15) is 0 Å². The molecule has 0 spiro atoms. The quantitative estimate of drug-likeness (QED) is 0.779. The molecule has 2 aromatic rings. The van der Waals surface area contributed by atoms with Gasteiger partial charge in [0.05, 0.1) is 6.10 Å². The number of benzene rings is 2. The van der Waals surface area contributed by atoms with Crippen LogP contribution in [0.4, 0.5) is 5.69 Å². The molecule has 2 rings (SSSR count). The first-order valence-electron chi connectivity index (χ1n) is 7.93. The lowest BCUT2D eigenvalue weighted by molar-refractivity contribution is -0.118. The first-order chi connectivity index (χ1) is 11.5. The van der Waals surface area contributed by atoms with Crippen LogP contribution in [0.5, 0.6) is 11.5 Å². The molecular weight excluding hydrogens is 326 g/mol. The van der Waals surface area contributed by atoms with Crippen molar-refractivity contribution >= 4 is 23.2 Å². The second kappa shape index (κ2) is 8.60. The summed E-state index contributed by atoms with van der Waals surface area (Å²) in [7, 11) is 0. The Morgan fingerprint density at radius 1 is 1.25 bits per heavy atom. The lowest BCUT2D eigenvalue weighted by Gasteiger charge is -2.14. The van der Waals surface area contributed by atoms with Crippen molar-refractivity contribution in [3.05, 3.63) is 53.1 Å². The second-order valence-corrected chi connectivity index (χ2v) is 6.05. The van der Waals surface area contributed by atoms with Crippen molar-refractivity contribution in [1.82, 2.24) is 0 Å². The van der Waals surface area contributed by atoms with Crippen LogP contribution in [0, 0.1) is 6.92 Å². The zero-order chi connectivity index (χ0) is 17.5. The summed E-state index contributed by atoms with van der Waals surface area (Å²) in [4.78, 5) is 12.1. The highest BCUT2D eigenvalue weighted by atomic mass is 35.5. The van der Waals surface area contributed by atoms with Gasteiger partial charge in [-0.3, -0.25) is 4.79 Å². The minimum absolute atomic E-state index is 0.0705. The van der Waals surface area contributed by atoms with Crippen LogP contribution < -0.4 is 14.8 Å². The van der Waals surface area contributed by atoms with Crippen molar-refractivity contribution in [2.75, 3.05) is 11.9 Å². The van der Waals surface area contributed by atoms with E-state index in [9.17, 15) is 4.79 Å². The summed E-state index contributed by atoms with van der Waals surface area (Å²) < 4.78 is 11.3. The SMILES string of the molecule is CCC(C)Oc1cccc(NC(=O)COc2ccc(Cl)cc2C)c1. The average Bonchev–Trinajstić information content (AvgIpc) is 2.54. The molecule has 1 amide bonds. The lowest BCUT2D eigenvalue weighted by atomic mass is 10.2. The zero-order valence-corrected chi connectivity index (χ0v) is 14.9. The summed E-state index contributed by atoms with van der Waals surface area (Å²) >= 11 is 5.90. The third-order valence-electron chi connectivity index (χ3n) is 3.53. The molecule has 0 bridgehead atoms. The van der Waals surface area contributed by atoms with Crippen molar-refractivity contribution in [3.63, 3.8) is 0 Å². The molecule has 1 unspecified atom stereocenters. The van der Waals surface area contributed by atoms with Crippen LogP contribution in [-0.2, 0) is 4.79 Å². The van der Waals surface area contributed by atoms with Gasteiger partial charge in [0.25, 0.3) is 5.91 Å². The number of hydrogen-bond acceptors (Lipinski definition) is 3. The standard InChI is InChI=1S/C19H22ClNO3/c1-4-14(3)24-17-7-5-6-16(11-17)21-19(22)12-23-18-9-8-15(20)10-13(18)2/h5-11,14H,4,12H2,1-3H3,(H,21,22). The van der Waals surface area contributed by atoms with Crippen LogP contribution in [0.2, 0.25) is 5.02 Å². The van der Waals surface area contributed by atoms with Gasteiger partial charge in [0.15, 0.2) is 6.61 Å². The monoisotopic (exact) mass is 347 g/mol. The molecule has 0 aromatic heterocycles. The maximum Gasteiger partial charge on any atom is 0.262 e. The summed E-state index contributed by atoms with van der Waals surface area (Å²) in [6.07, 6.45) is 1.05. The van der Waals surface area contributed by atoms with Gasteiger partial charge in [-0.05, 0) is 56.2 Å². The first-order valence-corrected chi connectivity index (χ1v) is 8.31. The van der Waals surface area contributed by atoms with E-state index >= 15 is 0 Å². The van der Waals surface area contributed by atoms with Gasteiger partial charge in [0, 0.05) is 16.8 Å². The Balaban J connectivity index is 1.91. The summed E-state index contributed by atoms with van der Waals surface area (Å²) in [5, 5.41) is 3.45. The largest absolute Gasteiger partial charge is 0.491 e. The molecule has 0 fully saturated rings. The third kappa shape index (κ3) is 5.46. The Morgan fingerprint density at radius 2 is 2.04 bits per heavy atom. The molecule has 5 heteroatoms.